The molecular formula is C12H23NO3. The van der Waals surface area contributed by atoms with Crippen LogP contribution >= 0.6 is 0 Å². The van der Waals surface area contributed by atoms with E-state index in [1.807, 2.05) is 27.7 Å². The Hall–Kier alpha value is -1.06. The maximum Gasteiger partial charge on any atom is 0.308 e. The van der Waals surface area contributed by atoms with Gasteiger partial charge in [-0.05, 0) is 18.8 Å². The van der Waals surface area contributed by atoms with Crippen molar-refractivity contribution in [1.29, 1.82) is 0 Å². The zero-order chi connectivity index (χ0) is 12.7. The van der Waals surface area contributed by atoms with Gasteiger partial charge in [-0.25, -0.2) is 0 Å². The van der Waals surface area contributed by atoms with Crippen LogP contribution in [-0.2, 0) is 9.59 Å². The summed E-state index contributed by atoms with van der Waals surface area (Å²) in [6.45, 7) is 7.97. The molecule has 0 spiro atoms. The summed E-state index contributed by atoms with van der Waals surface area (Å²) in [7, 11) is 0. The standard InChI is InChI=1S/C12H23NO3/c1-5-9(4)11(14)13-7-10(12(15)16)6-8(2)3/h8-10H,5-7H2,1-4H3,(H,13,14)(H,15,16). The molecule has 0 fully saturated rings. The summed E-state index contributed by atoms with van der Waals surface area (Å²) in [5.41, 5.74) is 0. The van der Waals surface area contributed by atoms with E-state index < -0.39 is 11.9 Å². The number of carboxylic acids is 1. The van der Waals surface area contributed by atoms with E-state index in [9.17, 15) is 9.59 Å². The van der Waals surface area contributed by atoms with Gasteiger partial charge in [-0.2, -0.15) is 0 Å². The molecule has 0 heterocycles. The lowest BCUT2D eigenvalue weighted by molar-refractivity contribution is -0.142. The number of hydrogen-bond donors (Lipinski definition) is 2. The van der Waals surface area contributed by atoms with Gasteiger partial charge in [-0.15, -0.1) is 0 Å². The summed E-state index contributed by atoms with van der Waals surface area (Å²) in [4.78, 5) is 22.4. The van der Waals surface area contributed by atoms with Gasteiger partial charge in [0, 0.05) is 12.5 Å². The predicted octanol–water partition coefficient (Wildman–Crippen LogP) is 1.90. The molecule has 2 atom stereocenters. The maximum atomic E-state index is 11.5. The van der Waals surface area contributed by atoms with Crippen molar-refractivity contribution in [3.8, 4) is 0 Å². The van der Waals surface area contributed by atoms with Crippen molar-refractivity contribution < 1.29 is 14.7 Å². The molecule has 0 aromatic rings. The molecule has 0 bridgehead atoms. The van der Waals surface area contributed by atoms with Crippen molar-refractivity contribution in [2.45, 2.75) is 40.5 Å². The van der Waals surface area contributed by atoms with E-state index in [4.69, 9.17) is 5.11 Å². The normalized spacial score (nSPS) is 14.6. The number of carbonyl (C=O) groups is 2. The smallest absolute Gasteiger partial charge is 0.308 e. The Bertz CT molecular complexity index is 238. The van der Waals surface area contributed by atoms with Crippen LogP contribution in [0.4, 0.5) is 0 Å². The van der Waals surface area contributed by atoms with Crippen molar-refractivity contribution in [3.63, 3.8) is 0 Å². The summed E-state index contributed by atoms with van der Waals surface area (Å²) in [5.74, 6) is -1.10. The Morgan fingerprint density at radius 1 is 1.25 bits per heavy atom. The molecule has 16 heavy (non-hydrogen) atoms. The van der Waals surface area contributed by atoms with Gasteiger partial charge in [0.25, 0.3) is 0 Å². The largest absolute Gasteiger partial charge is 0.481 e. The van der Waals surface area contributed by atoms with Crippen LogP contribution in [0.3, 0.4) is 0 Å². The van der Waals surface area contributed by atoms with Crippen LogP contribution in [-0.4, -0.2) is 23.5 Å². The lowest BCUT2D eigenvalue weighted by Crippen LogP contribution is -2.36. The van der Waals surface area contributed by atoms with E-state index in [0.717, 1.165) is 6.42 Å². The van der Waals surface area contributed by atoms with Crippen molar-refractivity contribution in [1.82, 2.24) is 5.32 Å². The van der Waals surface area contributed by atoms with Crippen molar-refractivity contribution >= 4 is 11.9 Å². The monoisotopic (exact) mass is 229 g/mol. The number of carbonyl (C=O) groups excluding carboxylic acids is 1. The number of rotatable bonds is 7. The summed E-state index contributed by atoms with van der Waals surface area (Å²) in [6.07, 6.45) is 1.36. The topological polar surface area (TPSA) is 66.4 Å². The van der Waals surface area contributed by atoms with Crippen molar-refractivity contribution in [3.05, 3.63) is 0 Å². The highest BCUT2D eigenvalue weighted by Crippen LogP contribution is 2.11. The van der Waals surface area contributed by atoms with E-state index in [2.05, 4.69) is 5.32 Å². The number of aliphatic carboxylic acids is 1. The first kappa shape index (κ1) is 14.9. The summed E-state index contributed by atoms with van der Waals surface area (Å²) in [5, 5.41) is 11.7. The minimum Gasteiger partial charge on any atom is -0.481 e. The zero-order valence-corrected chi connectivity index (χ0v) is 10.6. The van der Waals surface area contributed by atoms with Crippen LogP contribution in [0, 0.1) is 17.8 Å². The van der Waals surface area contributed by atoms with E-state index >= 15 is 0 Å². The predicted molar refractivity (Wildman–Crippen MR) is 63.0 cm³/mol. The van der Waals surface area contributed by atoms with Gasteiger partial charge in [-0.1, -0.05) is 27.7 Å². The minimum atomic E-state index is -0.835. The number of carboxylic acid groups (broad SMARTS) is 1. The Kier molecular flexibility index (Phi) is 6.77. The highest BCUT2D eigenvalue weighted by atomic mass is 16.4. The second-order valence-corrected chi connectivity index (χ2v) is 4.72. The summed E-state index contributed by atoms with van der Waals surface area (Å²) >= 11 is 0. The molecule has 4 heteroatoms. The molecule has 4 nitrogen and oxygen atoms in total. The third-order valence-corrected chi connectivity index (χ3v) is 2.69. The molecule has 0 aliphatic carbocycles. The molecule has 2 N–H and O–H groups in total. The SMILES string of the molecule is CCC(C)C(=O)NCC(CC(C)C)C(=O)O. The molecule has 94 valence electrons. The van der Waals surface area contributed by atoms with E-state index in [1.165, 1.54) is 0 Å². The number of nitrogens with one attached hydrogen (secondary N) is 1. The first-order valence-corrected chi connectivity index (χ1v) is 5.88. The molecule has 0 aromatic carbocycles. The first-order valence-electron chi connectivity index (χ1n) is 5.88. The number of hydrogen-bond acceptors (Lipinski definition) is 2. The quantitative estimate of drug-likeness (QED) is 0.700. The van der Waals surface area contributed by atoms with Crippen molar-refractivity contribution in [2.24, 2.45) is 17.8 Å². The average molecular weight is 229 g/mol. The minimum absolute atomic E-state index is 0.0477. The molecule has 2 unspecified atom stereocenters. The third kappa shape index (κ3) is 5.73. The molecule has 0 aliphatic heterocycles. The van der Waals surface area contributed by atoms with Gasteiger partial charge >= 0.3 is 5.97 Å². The summed E-state index contributed by atoms with van der Waals surface area (Å²) in [6, 6.07) is 0. The highest BCUT2D eigenvalue weighted by molar-refractivity contribution is 5.79. The fraction of sp³-hybridized carbons (Fsp3) is 0.833. The second-order valence-electron chi connectivity index (χ2n) is 4.72. The molecule has 0 rings (SSSR count). The van der Waals surface area contributed by atoms with Gasteiger partial charge in [0.05, 0.1) is 5.92 Å². The van der Waals surface area contributed by atoms with Crippen LogP contribution < -0.4 is 5.32 Å². The molecule has 0 aromatic heterocycles. The van der Waals surface area contributed by atoms with Gasteiger partial charge in [0.2, 0.25) is 5.91 Å². The van der Waals surface area contributed by atoms with Crippen LogP contribution in [0.25, 0.3) is 0 Å². The fourth-order valence-electron chi connectivity index (χ4n) is 1.42. The first-order chi connectivity index (χ1) is 7.38. The highest BCUT2D eigenvalue weighted by Gasteiger charge is 2.20. The van der Waals surface area contributed by atoms with Gasteiger partial charge in [-0.3, -0.25) is 9.59 Å². The van der Waals surface area contributed by atoms with Gasteiger partial charge in [0.15, 0.2) is 0 Å². The Labute approximate surface area is 97.4 Å². The van der Waals surface area contributed by atoms with Gasteiger partial charge < -0.3 is 10.4 Å². The molecule has 0 saturated heterocycles. The molecular weight excluding hydrogens is 206 g/mol. The Morgan fingerprint density at radius 2 is 1.81 bits per heavy atom. The lowest BCUT2D eigenvalue weighted by Gasteiger charge is -2.16. The maximum absolute atomic E-state index is 11.5. The van der Waals surface area contributed by atoms with Gasteiger partial charge in [0.1, 0.15) is 0 Å². The lowest BCUT2D eigenvalue weighted by atomic mass is 9.97. The van der Waals surface area contributed by atoms with Crippen molar-refractivity contribution in [2.75, 3.05) is 6.54 Å². The second kappa shape index (κ2) is 7.25. The average Bonchev–Trinajstić information content (AvgIpc) is 2.21. The van der Waals surface area contributed by atoms with Crippen LogP contribution in [0.5, 0.6) is 0 Å². The molecule has 0 saturated carbocycles. The van der Waals surface area contributed by atoms with Crippen LogP contribution in [0.15, 0.2) is 0 Å². The molecule has 0 radical (unpaired) electrons. The van der Waals surface area contributed by atoms with E-state index in [0.29, 0.717) is 12.3 Å². The number of amides is 1. The van der Waals surface area contributed by atoms with E-state index in [1.54, 1.807) is 0 Å². The van der Waals surface area contributed by atoms with Crippen LogP contribution in [0.2, 0.25) is 0 Å². The van der Waals surface area contributed by atoms with E-state index in [-0.39, 0.29) is 18.4 Å². The Morgan fingerprint density at radius 3 is 2.19 bits per heavy atom. The fourth-order valence-corrected chi connectivity index (χ4v) is 1.42. The molecule has 0 aliphatic rings. The third-order valence-electron chi connectivity index (χ3n) is 2.69. The Balaban J connectivity index is 4.12. The summed E-state index contributed by atoms with van der Waals surface area (Å²) < 4.78 is 0. The molecule has 1 amide bonds. The van der Waals surface area contributed by atoms with Crippen LogP contribution in [0.1, 0.15) is 40.5 Å². The zero-order valence-electron chi connectivity index (χ0n) is 10.6.